The van der Waals surface area contributed by atoms with Crippen LogP contribution in [0.4, 0.5) is 4.39 Å². The summed E-state index contributed by atoms with van der Waals surface area (Å²) in [5.41, 5.74) is 3.68. The van der Waals surface area contributed by atoms with Gasteiger partial charge in [-0.25, -0.2) is 12.8 Å². The molecule has 0 fully saturated rings. The number of hydrogen-bond acceptors (Lipinski definition) is 4. The van der Waals surface area contributed by atoms with Gasteiger partial charge in [0.05, 0.1) is 23.8 Å². The molecule has 1 heterocycles. The van der Waals surface area contributed by atoms with Crippen molar-refractivity contribution < 1.29 is 22.7 Å². The lowest BCUT2D eigenvalue weighted by Crippen LogP contribution is -2.21. The second kappa shape index (κ2) is 11.2. The van der Waals surface area contributed by atoms with Crippen molar-refractivity contribution in [2.24, 2.45) is 5.92 Å². The first kappa shape index (κ1) is 24.8. The van der Waals surface area contributed by atoms with Crippen LogP contribution in [0, 0.1) is 11.7 Å². The molecule has 1 aromatic heterocycles. The molecule has 1 unspecified atom stereocenters. The van der Waals surface area contributed by atoms with Crippen molar-refractivity contribution in [1.82, 2.24) is 4.98 Å². The predicted molar refractivity (Wildman–Crippen MR) is 123 cm³/mol. The minimum Gasteiger partial charge on any atom is -0.395 e. The fraction of sp³-hybridized carbons (Fsp3) is 0.375. The van der Waals surface area contributed by atoms with E-state index in [0.29, 0.717) is 17.9 Å². The number of sulfone groups is 1. The molecule has 0 saturated heterocycles. The van der Waals surface area contributed by atoms with Gasteiger partial charge in [0.25, 0.3) is 0 Å². The Hall–Kier alpha value is -2.51. The molecule has 1 aliphatic carbocycles. The lowest BCUT2D eigenvalue weighted by atomic mass is 9.96. The monoisotopic (exact) mass is 447 g/mol. The van der Waals surface area contributed by atoms with Gasteiger partial charge in [-0.2, -0.15) is 0 Å². The molecule has 0 radical (unpaired) electrons. The Morgan fingerprint density at radius 1 is 1.16 bits per heavy atom. The molecule has 0 spiro atoms. The van der Waals surface area contributed by atoms with Crippen molar-refractivity contribution in [2.45, 2.75) is 33.1 Å². The molecule has 2 aromatic carbocycles. The normalized spacial score (nSPS) is 17.2. The third kappa shape index (κ3) is 6.48. The van der Waals surface area contributed by atoms with Gasteiger partial charge in [0.1, 0.15) is 5.82 Å². The van der Waals surface area contributed by atoms with E-state index in [-0.39, 0.29) is 29.8 Å². The van der Waals surface area contributed by atoms with Crippen LogP contribution in [0.5, 0.6) is 0 Å². The highest BCUT2D eigenvalue weighted by Crippen LogP contribution is 2.38. The molecule has 2 N–H and O–H groups in total. The number of carbonyl (C=O) groups excluding carboxylic acids is 1. The SMILES string of the molecule is CC.CC1Cc2ccccc2[C@H]1CS(=O)(=O)CCO.O=Cc1cc2cc(F)ccc2[nH]1. The third-order valence-corrected chi connectivity index (χ3v) is 6.92. The van der Waals surface area contributed by atoms with E-state index < -0.39 is 9.84 Å². The Kier molecular flexibility index (Phi) is 8.95. The summed E-state index contributed by atoms with van der Waals surface area (Å²) in [7, 11) is -3.14. The number of nitrogens with one attached hydrogen (secondary N) is 1. The van der Waals surface area contributed by atoms with Crippen molar-refractivity contribution in [3.63, 3.8) is 0 Å². The molecular weight excluding hydrogens is 417 g/mol. The Morgan fingerprint density at radius 3 is 2.55 bits per heavy atom. The van der Waals surface area contributed by atoms with Crippen LogP contribution < -0.4 is 0 Å². The van der Waals surface area contributed by atoms with Crippen LogP contribution in [-0.4, -0.2) is 42.9 Å². The number of aldehydes is 1. The second-order valence-corrected chi connectivity index (χ2v) is 9.63. The molecule has 0 saturated carbocycles. The number of fused-ring (bicyclic) bond motifs is 2. The Balaban J connectivity index is 0.000000214. The van der Waals surface area contributed by atoms with Crippen molar-refractivity contribution in [1.29, 1.82) is 0 Å². The van der Waals surface area contributed by atoms with Crippen molar-refractivity contribution >= 4 is 27.0 Å². The van der Waals surface area contributed by atoms with Crippen molar-refractivity contribution in [2.75, 3.05) is 18.1 Å². The van der Waals surface area contributed by atoms with E-state index in [2.05, 4.69) is 18.0 Å². The average Bonchev–Trinajstić information content (AvgIpc) is 3.30. The van der Waals surface area contributed by atoms with Crippen LogP contribution in [0.2, 0.25) is 0 Å². The van der Waals surface area contributed by atoms with Crippen LogP contribution in [0.3, 0.4) is 0 Å². The first-order valence-corrected chi connectivity index (χ1v) is 12.3. The van der Waals surface area contributed by atoms with Gasteiger partial charge in [-0.15, -0.1) is 0 Å². The van der Waals surface area contributed by atoms with Crippen LogP contribution in [0.1, 0.15) is 48.3 Å². The van der Waals surface area contributed by atoms with Crippen LogP contribution >= 0.6 is 0 Å². The minimum absolute atomic E-state index is 0.0859. The number of hydrogen-bond donors (Lipinski definition) is 2. The van der Waals surface area contributed by atoms with Crippen LogP contribution in [-0.2, 0) is 16.3 Å². The van der Waals surface area contributed by atoms with Gasteiger partial charge in [-0.05, 0) is 47.7 Å². The molecule has 3 aromatic rings. The lowest BCUT2D eigenvalue weighted by molar-refractivity contribution is 0.111. The molecule has 1 aliphatic rings. The molecule has 0 aliphatic heterocycles. The number of halogens is 1. The molecule has 7 heteroatoms. The van der Waals surface area contributed by atoms with E-state index in [1.54, 1.807) is 12.1 Å². The Labute approximate surface area is 183 Å². The number of rotatable bonds is 5. The zero-order chi connectivity index (χ0) is 23.0. The van der Waals surface area contributed by atoms with Gasteiger partial charge in [0.15, 0.2) is 16.1 Å². The van der Waals surface area contributed by atoms with E-state index in [1.165, 1.54) is 23.3 Å². The quantitative estimate of drug-likeness (QED) is 0.563. The summed E-state index contributed by atoms with van der Waals surface area (Å²) in [5.74, 6) is 0.187. The van der Waals surface area contributed by atoms with Crippen molar-refractivity contribution in [3.8, 4) is 0 Å². The molecule has 31 heavy (non-hydrogen) atoms. The van der Waals surface area contributed by atoms with E-state index in [4.69, 9.17) is 5.11 Å². The number of benzene rings is 2. The average molecular weight is 448 g/mol. The molecule has 0 amide bonds. The fourth-order valence-electron chi connectivity index (χ4n) is 3.82. The van der Waals surface area contributed by atoms with E-state index in [9.17, 15) is 17.6 Å². The number of aliphatic hydroxyl groups excluding tert-OH is 1. The highest BCUT2D eigenvalue weighted by molar-refractivity contribution is 7.91. The van der Waals surface area contributed by atoms with Gasteiger partial charge in [0.2, 0.25) is 0 Å². The van der Waals surface area contributed by atoms with E-state index in [0.717, 1.165) is 17.3 Å². The first-order valence-electron chi connectivity index (χ1n) is 10.5. The Bertz CT molecular complexity index is 1110. The predicted octanol–water partition coefficient (Wildman–Crippen LogP) is 4.52. The largest absolute Gasteiger partial charge is 0.395 e. The zero-order valence-electron chi connectivity index (χ0n) is 18.1. The summed E-state index contributed by atoms with van der Waals surface area (Å²) in [6.07, 6.45) is 1.66. The van der Waals surface area contributed by atoms with Gasteiger partial charge in [0, 0.05) is 16.8 Å². The van der Waals surface area contributed by atoms with Crippen LogP contribution in [0.25, 0.3) is 10.9 Å². The molecule has 5 nitrogen and oxygen atoms in total. The highest BCUT2D eigenvalue weighted by atomic mass is 32.2. The Morgan fingerprint density at radius 2 is 1.87 bits per heavy atom. The molecular formula is C24H30FNO4S. The van der Waals surface area contributed by atoms with E-state index in [1.807, 2.05) is 32.0 Å². The van der Waals surface area contributed by atoms with Gasteiger partial charge in [-0.1, -0.05) is 45.0 Å². The van der Waals surface area contributed by atoms with Gasteiger partial charge < -0.3 is 10.1 Å². The maximum absolute atomic E-state index is 12.6. The standard InChI is InChI=1S/C13H18O3S.C9H6FNO.C2H6/c1-10-8-11-4-2-3-5-12(11)13(10)9-17(15,16)7-6-14;10-7-1-2-9-6(3-7)4-8(5-12)11-9;1-2/h2-5,10,13-14H,6-9H2,1H3;1-5,11H;1-2H3/t10?,13-;;/m0../s1. The summed E-state index contributed by atoms with van der Waals surface area (Å²) in [4.78, 5) is 13.2. The first-order chi connectivity index (χ1) is 14.8. The number of aliphatic hydroxyl groups is 1. The minimum atomic E-state index is -3.14. The molecule has 4 rings (SSSR count). The number of H-pyrrole nitrogens is 1. The van der Waals surface area contributed by atoms with Crippen LogP contribution in [0.15, 0.2) is 48.5 Å². The summed E-state index contributed by atoms with van der Waals surface area (Å²) in [5, 5.41) is 9.48. The maximum atomic E-state index is 12.6. The highest BCUT2D eigenvalue weighted by Gasteiger charge is 2.32. The van der Waals surface area contributed by atoms with Gasteiger partial charge in [-0.3, -0.25) is 4.79 Å². The summed E-state index contributed by atoms with van der Waals surface area (Å²) in [6, 6.07) is 14.0. The molecule has 2 atom stereocenters. The summed E-state index contributed by atoms with van der Waals surface area (Å²) < 4.78 is 36.2. The number of aromatic amines is 1. The van der Waals surface area contributed by atoms with E-state index >= 15 is 0 Å². The molecule has 168 valence electrons. The summed E-state index contributed by atoms with van der Waals surface area (Å²) >= 11 is 0. The summed E-state index contributed by atoms with van der Waals surface area (Å²) in [6.45, 7) is 5.81. The zero-order valence-corrected chi connectivity index (χ0v) is 19.0. The van der Waals surface area contributed by atoms with Gasteiger partial charge >= 0.3 is 0 Å². The fourth-order valence-corrected chi connectivity index (χ4v) is 5.32. The number of aromatic nitrogens is 1. The molecule has 0 bridgehead atoms. The lowest BCUT2D eigenvalue weighted by Gasteiger charge is -2.16. The number of carbonyl (C=O) groups is 1. The smallest absolute Gasteiger partial charge is 0.166 e. The second-order valence-electron chi connectivity index (χ2n) is 7.40. The van der Waals surface area contributed by atoms with Crippen molar-refractivity contribution in [3.05, 3.63) is 71.2 Å². The maximum Gasteiger partial charge on any atom is 0.166 e. The topological polar surface area (TPSA) is 87.2 Å². The third-order valence-electron chi connectivity index (χ3n) is 5.25.